The molecule has 13 heteroatoms. The van der Waals surface area contributed by atoms with Crippen molar-refractivity contribution in [1.82, 2.24) is 21.2 Å². The predicted molar refractivity (Wildman–Crippen MR) is 118 cm³/mol. The molecule has 34 heavy (non-hydrogen) atoms. The fourth-order valence-corrected chi connectivity index (χ4v) is 3.45. The lowest BCUT2D eigenvalue weighted by molar-refractivity contribution is -0.137. The molecule has 0 aliphatic rings. The van der Waals surface area contributed by atoms with E-state index in [0.717, 1.165) is 23.5 Å². The lowest BCUT2D eigenvalue weighted by Crippen LogP contribution is -2.44. The molecule has 0 aliphatic carbocycles. The first-order chi connectivity index (χ1) is 15.7. The minimum Gasteiger partial charge on any atom is -0.446 e. The molecule has 1 heterocycles. The van der Waals surface area contributed by atoms with Gasteiger partial charge < -0.3 is 14.8 Å². The number of aryl methyl sites for hydroxylation is 1. The molecular formula is C21H25F3N4O5S. The van der Waals surface area contributed by atoms with Gasteiger partial charge in [-0.2, -0.15) is 13.2 Å². The number of amides is 3. The molecule has 0 aliphatic heterocycles. The lowest BCUT2D eigenvalue weighted by atomic mass is 10.1. The fourth-order valence-electron chi connectivity index (χ4n) is 2.48. The Hall–Kier alpha value is -3.35. The standard InChI is InChI=1S/C21H25F3N4O5S/c1-11(25-18(30)33-20(3,4)5)10-32-19(31)28-27-16(29)15-12(2)26-17(34-15)13-6-8-14(9-7-13)21(22,23)24/h6-9,11H,10H2,1-5H3,(H,25,30)(H,27,29)(H,28,31). The van der Waals surface area contributed by atoms with Gasteiger partial charge in [-0.15, -0.1) is 11.3 Å². The first-order valence-electron chi connectivity index (χ1n) is 10.0. The summed E-state index contributed by atoms with van der Waals surface area (Å²) in [5.41, 5.74) is 3.54. The van der Waals surface area contributed by atoms with Crippen molar-refractivity contribution >= 4 is 29.4 Å². The van der Waals surface area contributed by atoms with Crippen LogP contribution in [-0.4, -0.2) is 41.3 Å². The molecule has 0 fully saturated rings. The first kappa shape index (κ1) is 26.9. The number of ether oxygens (including phenoxy) is 2. The zero-order chi connectivity index (χ0) is 25.7. The van der Waals surface area contributed by atoms with Gasteiger partial charge in [0.05, 0.1) is 17.3 Å². The van der Waals surface area contributed by atoms with Crippen molar-refractivity contribution in [3.05, 3.63) is 40.4 Å². The van der Waals surface area contributed by atoms with Crippen LogP contribution in [0.2, 0.25) is 0 Å². The molecule has 9 nitrogen and oxygen atoms in total. The topological polar surface area (TPSA) is 119 Å². The number of hydrogen-bond donors (Lipinski definition) is 3. The van der Waals surface area contributed by atoms with Crippen LogP contribution in [0.1, 0.15) is 48.6 Å². The number of benzene rings is 1. The van der Waals surface area contributed by atoms with E-state index in [1.165, 1.54) is 12.1 Å². The molecule has 0 spiro atoms. The Labute approximate surface area is 198 Å². The van der Waals surface area contributed by atoms with Gasteiger partial charge in [-0.1, -0.05) is 12.1 Å². The number of thiazole rings is 1. The summed E-state index contributed by atoms with van der Waals surface area (Å²) in [7, 11) is 0. The molecule has 3 amide bonds. The highest BCUT2D eigenvalue weighted by atomic mass is 32.1. The van der Waals surface area contributed by atoms with Gasteiger partial charge in [0.1, 0.15) is 22.1 Å². The summed E-state index contributed by atoms with van der Waals surface area (Å²) in [6.07, 6.45) is -6.08. The van der Waals surface area contributed by atoms with Crippen molar-refractivity contribution in [3.8, 4) is 10.6 Å². The second-order valence-corrected chi connectivity index (χ2v) is 9.23. The number of aromatic nitrogens is 1. The van der Waals surface area contributed by atoms with Crippen LogP contribution in [0.4, 0.5) is 22.8 Å². The van der Waals surface area contributed by atoms with Gasteiger partial charge in [0.25, 0.3) is 5.91 Å². The second-order valence-electron chi connectivity index (χ2n) is 8.23. The number of alkyl carbamates (subject to hydrolysis) is 1. The third-order valence-electron chi connectivity index (χ3n) is 3.97. The predicted octanol–water partition coefficient (Wildman–Crippen LogP) is 4.42. The van der Waals surface area contributed by atoms with Gasteiger partial charge in [-0.05, 0) is 46.8 Å². The molecule has 1 atom stereocenters. The van der Waals surface area contributed by atoms with Crippen LogP contribution in [0.5, 0.6) is 0 Å². The van der Waals surface area contributed by atoms with Crippen LogP contribution in [0.15, 0.2) is 24.3 Å². The van der Waals surface area contributed by atoms with Gasteiger partial charge in [0, 0.05) is 5.56 Å². The van der Waals surface area contributed by atoms with Crippen LogP contribution in [0, 0.1) is 6.92 Å². The van der Waals surface area contributed by atoms with Crippen molar-refractivity contribution in [2.75, 3.05) is 6.61 Å². The van der Waals surface area contributed by atoms with Crippen LogP contribution < -0.4 is 16.2 Å². The van der Waals surface area contributed by atoms with Crippen LogP contribution in [0.25, 0.3) is 10.6 Å². The fraction of sp³-hybridized carbons (Fsp3) is 0.429. The number of rotatable bonds is 5. The molecule has 2 aromatic rings. The van der Waals surface area contributed by atoms with E-state index in [1.807, 2.05) is 0 Å². The number of hydrogen-bond acceptors (Lipinski definition) is 7. The van der Waals surface area contributed by atoms with Gasteiger partial charge in [-0.3, -0.25) is 10.2 Å². The second kappa shape index (κ2) is 10.7. The normalized spacial score (nSPS) is 12.5. The van der Waals surface area contributed by atoms with Crippen molar-refractivity contribution in [2.24, 2.45) is 0 Å². The Kier molecular flexibility index (Phi) is 8.48. The highest BCUT2D eigenvalue weighted by Gasteiger charge is 2.30. The van der Waals surface area contributed by atoms with E-state index in [4.69, 9.17) is 9.47 Å². The van der Waals surface area contributed by atoms with E-state index < -0.39 is 41.5 Å². The summed E-state index contributed by atoms with van der Waals surface area (Å²) in [6.45, 7) is 8.10. The SMILES string of the molecule is Cc1nc(-c2ccc(C(F)(F)F)cc2)sc1C(=O)NNC(=O)OCC(C)NC(=O)OC(C)(C)C. The van der Waals surface area contributed by atoms with Gasteiger partial charge >= 0.3 is 18.4 Å². The van der Waals surface area contributed by atoms with Crippen molar-refractivity contribution in [1.29, 1.82) is 0 Å². The summed E-state index contributed by atoms with van der Waals surface area (Å²) in [6, 6.07) is 3.85. The molecule has 186 valence electrons. The summed E-state index contributed by atoms with van der Waals surface area (Å²) in [5.74, 6) is -0.676. The van der Waals surface area contributed by atoms with Crippen molar-refractivity contribution < 1.29 is 37.0 Å². The average molecular weight is 503 g/mol. The van der Waals surface area contributed by atoms with E-state index in [0.29, 0.717) is 16.3 Å². The van der Waals surface area contributed by atoms with Crippen molar-refractivity contribution in [2.45, 2.75) is 52.4 Å². The Morgan fingerprint density at radius 2 is 1.68 bits per heavy atom. The minimum absolute atomic E-state index is 0.162. The maximum Gasteiger partial charge on any atom is 0.426 e. The molecule has 1 unspecified atom stereocenters. The third kappa shape index (κ3) is 8.21. The quantitative estimate of drug-likeness (QED) is 0.521. The van der Waals surface area contributed by atoms with Crippen LogP contribution in [0.3, 0.4) is 0 Å². The number of carbonyl (C=O) groups excluding carboxylic acids is 3. The molecule has 0 bridgehead atoms. The smallest absolute Gasteiger partial charge is 0.426 e. The highest BCUT2D eigenvalue weighted by molar-refractivity contribution is 7.17. The summed E-state index contributed by atoms with van der Waals surface area (Å²) >= 11 is 0.957. The summed E-state index contributed by atoms with van der Waals surface area (Å²) in [5, 5.41) is 2.85. The monoisotopic (exact) mass is 502 g/mol. The number of nitrogens with zero attached hydrogens (tertiary/aromatic N) is 1. The molecule has 0 saturated heterocycles. The molecule has 2 rings (SSSR count). The van der Waals surface area contributed by atoms with E-state index in [-0.39, 0.29) is 11.5 Å². The molecule has 0 radical (unpaired) electrons. The van der Waals surface area contributed by atoms with E-state index in [2.05, 4.69) is 21.2 Å². The summed E-state index contributed by atoms with van der Waals surface area (Å²) < 4.78 is 48.2. The largest absolute Gasteiger partial charge is 0.446 e. The maximum absolute atomic E-state index is 12.7. The molecule has 3 N–H and O–H groups in total. The number of hydrazine groups is 1. The molecule has 1 aromatic heterocycles. The molecule has 0 saturated carbocycles. The Morgan fingerprint density at radius 3 is 2.24 bits per heavy atom. The number of nitrogens with one attached hydrogen (secondary N) is 3. The maximum atomic E-state index is 12.7. The first-order valence-corrected chi connectivity index (χ1v) is 10.8. The Morgan fingerprint density at radius 1 is 1.06 bits per heavy atom. The third-order valence-corrected chi connectivity index (χ3v) is 5.17. The van der Waals surface area contributed by atoms with Crippen LogP contribution in [-0.2, 0) is 15.7 Å². The van der Waals surface area contributed by atoms with E-state index >= 15 is 0 Å². The van der Waals surface area contributed by atoms with Gasteiger partial charge in [0.2, 0.25) is 0 Å². The minimum atomic E-state index is -4.45. The van der Waals surface area contributed by atoms with Gasteiger partial charge in [0.15, 0.2) is 0 Å². The Bertz CT molecular complexity index is 1030. The molecule has 1 aromatic carbocycles. The van der Waals surface area contributed by atoms with Gasteiger partial charge in [-0.25, -0.2) is 20.0 Å². The zero-order valence-corrected chi connectivity index (χ0v) is 19.9. The number of carbonyl (C=O) groups is 3. The van der Waals surface area contributed by atoms with E-state index in [1.54, 1.807) is 34.6 Å². The van der Waals surface area contributed by atoms with E-state index in [9.17, 15) is 27.6 Å². The number of alkyl halides is 3. The Balaban J connectivity index is 1.86. The van der Waals surface area contributed by atoms with Crippen molar-refractivity contribution in [3.63, 3.8) is 0 Å². The zero-order valence-electron chi connectivity index (χ0n) is 19.1. The lowest BCUT2D eigenvalue weighted by Gasteiger charge is -2.21. The highest BCUT2D eigenvalue weighted by Crippen LogP contribution is 2.32. The number of halogens is 3. The van der Waals surface area contributed by atoms with Crippen LogP contribution >= 0.6 is 11.3 Å². The molecular weight excluding hydrogens is 477 g/mol. The summed E-state index contributed by atoms with van der Waals surface area (Å²) in [4.78, 5) is 40.3. The average Bonchev–Trinajstić information content (AvgIpc) is 3.10.